The third-order valence-electron chi connectivity index (χ3n) is 2.44. The molecule has 0 fully saturated rings. The van der Waals surface area contributed by atoms with Crippen LogP contribution in [0.3, 0.4) is 0 Å². The molecular weight excluding hydrogens is 242 g/mol. The molecule has 0 radical (unpaired) electrons. The first-order chi connectivity index (χ1) is 8.52. The first-order valence-electron chi connectivity index (χ1n) is 5.35. The fourth-order valence-electron chi connectivity index (χ4n) is 1.70. The van der Waals surface area contributed by atoms with Crippen LogP contribution in [0.2, 0.25) is 0 Å². The van der Waals surface area contributed by atoms with Gasteiger partial charge in [-0.15, -0.1) is 5.23 Å². The number of nitro benzene ring substituents is 1. The Hall–Kier alpha value is -1.90. The number of aliphatic hydroxyl groups excluding tert-OH is 1. The Balaban J connectivity index is 3.33. The lowest BCUT2D eigenvalue weighted by molar-refractivity contribution is -0.384. The number of aliphatic hydroxyl groups is 1. The molecule has 1 aromatic carbocycles. The molecule has 0 saturated carbocycles. The summed E-state index contributed by atoms with van der Waals surface area (Å²) in [6.07, 6.45) is 0.262. The van der Waals surface area contributed by atoms with Gasteiger partial charge in [-0.1, -0.05) is 6.92 Å². The second kappa shape index (κ2) is 6.15. The molecule has 0 heterocycles. The van der Waals surface area contributed by atoms with Crippen molar-refractivity contribution >= 4 is 17.1 Å². The number of benzene rings is 1. The Labute approximate surface area is 103 Å². The molecule has 100 valence electrons. The van der Waals surface area contributed by atoms with Crippen LogP contribution in [0.1, 0.15) is 12.5 Å². The molecule has 18 heavy (non-hydrogen) atoms. The van der Waals surface area contributed by atoms with E-state index in [0.717, 1.165) is 0 Å². The molecule has 0 aromatic heterocycles. The van der Waals surface area contributed by atoms with Gasteiger partial charge in [0.05, 0.1) is 17.1 Å². The summed E-state index contributed by atoms with van der Waals surface area (Å²) in [6.45, 7) is 1.68. The van der Waals surface area contributed by atoms with Crippen molar-refractivity contribution in [1.82, 2.24) is 0 Å². The minimum Gasteiger partial charge on any atom is -0.395 e. The van der Waals surface area contributed by atoms with Crippen molar-refractivity contribution in [2.24, 2.45) is 0 Å². The van der Waals surface area contributed by atoms with Crippen molar-refractivity contribution in [1.29, 1.82) is 0 Å². The summed E-state index contributed by atoms with van der Waals surface area (Å²) in [5, 5.41) is 40.4. The van der Waals surface area contributed by atoms with Crippen LogP contribution in [0.5, 0.6) is 0 Å². The summed E-state index contributed by atoms with van der Waals surface area (Å²) in [5.41, 5.74) is 0.166. The third kappa shape index (κ3) is 2.86. The highest BCUT2D eigenvalue weighted by Crippen LogP contribution is 2.35. The summed E-state index contributed by atoms with van der Waals surface area (Å²) < 4.78 is 0. The molecule has 0 aliphatic rings. The fraction of sp³-hybridized carbons (Fsp3) is 0.400. The number of rotatable bonds is 6. The van der Waals surface area contributed by atoms with Crippen molar-refractivity contribution in [3.05, 3.63) is 27.8 Å². The molecule has 1 rings (SSSR count). The number of nitro groups is 1. The molecule has 0 atom stereocenters. The highest BCUT2D eigenvalue weighted by atomic mass is 16.8. The van der Waals surface area contributed by atoms with Crippen molar-refractivity contribution in [2.45, 2.75) is 13.3 Å². The minimum atomic E-state index is -0.592. The molecule has 8 nitrogen and oxygen atoms in total. The molecule has 0 aliphatic heterocycles. The van der Waals surface area contributed by atoms with Crippen molar-refractivity contribution in [3.63, 3.8) is 0 Å². The summed E-state index contributed by atoms with van der Waals surface area (Å²) >= 11 is 0. The van der Waals surface area contributed by atoms with E-state index in [0.29, 0.717) is 0 Å². The van der Waals surface area contributed by atoms with Gasteiger partial charge in [0.2, 0.25) is 0 Å². The van der Waals surface area contributed by atoms with Crippen molar-refractivity contribution in [2.75, 3.05) is 23.7 Å². The van der Waals surface area contributed by atoms with Gasteiger partial charge in [-0.25, -0.2) is 0 Å². The molecule has 0 aliphatic carbocycles. The zero-order valence-electron chi connectivity index (χ0n) is 9.83. The fourth-order valence-corrected chi connectivity index (χ4v) is 1.70. The van der Waals surface area contributed by atoms with Gasteiger partial charge >= 0.3 is 0 Å². The smallest absolute Gasteiger partial charge is 0.297 e. The van der Waals surface area contributed by atoms with Gasteiger partial charge in [-0.3, -0.25) is 20.5 Å². The molecule has 0 spiro atoms. The highest BCUT2D eigenvalue weighted by Gasteiger charge is 2.23. The Morgan fingerprint density at radius 2 is 2.11 bits per heavy atom. The van der Waals surface area contributed by atoms with Crippen LogP contribution in [0.4, 0.5) is 17.1 Å². The van der Waals surface area contributed by atoms with E-state index in [1.54, 1.807) is 6.92 Å². The van der Waals surface area contributed by atoms with E-state index in [9.17, 15) is 10.1 Å². The number of hydrogen-bond acceptors (Lipinski definition) is 7. The van der Waals surface area contributed by atoms with Crippen LogP contribution >= 0.6 is 0 Å². The molecule has 4 N–H and O–H groups in total. The number of nitrogens with one attached hydrogen (secondary N) is 1. The predicted molar refractivity (Wildman–Crippen MR) is 64.1 cm³/mol. The van der Waals surface area contributed by atoms with Gasteiger partial charge in [0.15, 0.2) is 0 Å². The summed E-state index contributed by atoms with van der Waals surface area (Å²) in [4.78, 5) is 10.5. The maximum Gasteiger partial charge on any atom is 0.297 e. The predicted octanol–water partition coefficient (Wildman–Crippen LogP) is 1.15. The topological polar surface area (TPSA) is 119 Å². The van der Waals surface area contributed by atoms with Crippen LogP contribution in [0.15, 0.2) is 12.1 Å². The zero-order valence-corrected chi connectivity index (χ0v) is 9.83. The quantitative estimate of drug-likeness (QED) is 0.445. The Morgan fingerprint density at radius 3 is 2.56 bits per heavy atom. The maximum atomic E-state index is 11.1. The van der Waals surface area contributed by atoms with E-state index in [1.807, 2.05) is 0 Å². The van der Waals surface area contributed by atoms with E-state index in [-0.39, 0.29) is 47.4 Å². The van der Waals surface area contributed by atoms with Crippen LogP contribution in [0, 0.1) is 10.1 Å². The van der Waals surface area contributed by atoms with Gasteiger partial charge in [0.25, 0.3) is 5.69 Å². The second-order valence-corrected chi connectivity index (χ2v) is 3.51. The van der Waals surface area contributed by atoms with E-state index in [2.05, 4.69) is 5.32 Å². The average molecular weight is 257 g/mol. The second-order valence-electron chi connectivity index (χ2n) is 3.51. The van der Waals surface area contributed by atoms with Gasteiger partial charge in [-0.2, -0.15) is 0 Å². The van der Waals surface area contributed by atoms with Crippen LogP contribution in [-0.4, -0.2) is 33.6 Å². The van der Waals surface area contributed by atoms with Gasteiger partial charge in [-0.05, 0) is 18.6 Å². The standard InChI is InChI=1S/C10H15N3O5/c1-2-7-9(12(15)16)4-3-8(11-5-6-14)10(7)13(17)18/h3-4,11,14-16H,2,5-6H2,1H3. The largest absolute Gasteiger partial charge is 0.395 e. The van der Waals surface area contributed by atoms with E-state index in [4.69, 9.17) is 15.5 Å². The van der Waals surface area contributed by atoms with Gasteiger partial charge in [0, 0.05) is 6.54 Å². The van der Waals surface area contributed by atoms with E-state index in [1.165, 1.54) is 12.1 Å². The van der Waals surface area contributed by atoms with E-state index >= 15 is 0 Å². The Morgan fingerprint density at radius 1 is 1.44 bits per heavy atom. The lowest BCUT2D eigenvalue weighted by Crippen LogP contribution is -2.15. The molecule has 0 saturated heterocycles. The SMILES string of the molecule is CCc1c(N(O)O)ccc(NCCO)c1[N+](=O)[O-]. The van der Waals surface area contributed by atoms with Crippen LogP contribution < -0.4 is 10.5 Å². The molecule has 0 amide bonds. The maximum absolute atomic E-state index is 11.1. The summed E-state index contributed by atoms with van der Waals surface area (Å²) in [7, 11) is 0. The molecule has 0 unspecified atom stereocenters. The highest BCUT2D eigenvalue weighted by molar-refractivity contribution is 5.73. The molecule has 8 heteroatoms. The zero-order chi connectivity index (χ0) is 13.7. The summed E-state index contributed by atoms with van der Waals surface area (Å²) in [6, 6.07) is 2.72. The average Bonchev–Trinajstić information content (AvgIpc) is 2.34. The first-order valence-corrected chi connectivity index (χ1v) is 5.35. The van der Waals surface area contributed by atoms with Crippen LogP contribution in [-0.2, 0) is 6.42 Å². The van der Waals surface area contributed by atoms with E-state index < -0.39 is 4.92 Å². The molecule has 0 bridgehead atoms. The number of nitrogens with zero attached hydrogens (tertiary/aromatic N) is 2. The first kappa shape index (κ1) is 14.2. The summed E-state index contributed by atoms with van der Waals surface area (Å²) in [5.74, 6) is 0. The monoisotopic (exact) mass is 257 g/mol. The Kier molecular flexibility index (Phi) is 4.84. The molecular formula is C10H15N3O5. The van der Waals surface area contributed by atoms with Crippen molar-refractivity contribution in [3.8, 4) is 0 Å². The lowest BCUT2D eigenvalue weighted by atomic mass is 10.1. The third-order valence-corrected chi connectivity index (χ3v) is 2.44. The number of hydrogen-bond donors (Lipinski definition) is 4. The lowest BCUT2D eigenvalue weighted by Gasteiger charge is -2.15. The normalized spacial score (nSPS) is 10.2. The molecule has 1 aromatic rings. The number of anilines is 2. The van der Waals surface area contributed by atoms with Crippen molar-refractivity contribution < 1.29 is 20.4 Å². The van der Waals surface area contributed by atoms with Gasteiger partial charge in [0.1, 0.15) is 11.4 Å². The minimum absolute atomic E-state index is 0.0428. The van der Waals surface area contributed by atoms with Gasteiger partial charge < -0.3 is 10.4 Å². The van der Waals surface area contributed by atoms with Crippen LogP contribution in [0.25, 0.3) is 0 Å². The Bertz CT molecular complexity index is 436.